The van der Waals surface area contributed by atoms with Crippen LogP contribution in [0.3, 0.4) is 0 Å². The lowest BCUT2D eigenvalue weighted by Gasteiger charge is -2.23. The van der Waals surface area contributed by atoms with Gasteiger partial charge >= 0.3 is 5.97 Å². The van der Waals surface area contributed by atoms with Crippen LogP contribution < -0.4 is 24.4 Å². The molecule has 172 valence electrons. The predicted molar refractivity (Wildman–Crippen MR) is 129 cm³/mol. The highest BCUT2D eigenvalue weighted by atomic mass is 32.1. The van der Waals surface area contributed by atoms with Crippen LogP contribution in [0.1, 0.15) is 37.3 Å². The SMILES string of the molecule is CCOC(=O)C1=C(C)N=c2s/c(=C\c3cccc(OC)c3OCC)c(=O)n2[C@H]1c1cccs1. The lowest BCUT2D eigenvalue weighted by Crippen LogP contribution is -2.39. The van der Waals surface area contributed by atoms with Crippen molar-refractivity contribution in [3.05, 3.63) is 77.1 Å². The predicted octanol–water partition coefficient (Wildman–Crippen LogP) is 3.27. The molecule has 3 heterocycles. The Morgan fingerprint density at radius 1 is 1.21 bits per heavy atom. The van der Waals surface area contributed by atoms with Gasteiger partial charge in [0.05, 0.1) is 36.1 Å². The summed E-state index contributed by atoms with van der Waals surface area (Å²) in [5.41, 5.74) is 1.44. The number of carbonyl (C=O) groups is 1. The molecule has 0 radical (unpaired) electrons. The van der Waals surface area contributed by atoms with Gasteiger partial charge in [0.25, 0.3) is 5.56 Å². The van der Waals surface area contributed by atoms with Gasteiger partial charge in [0.1, 0.15) is 6.04 Å². The molecule has 7 nitrogen and oxygen atoms in total. The molecular weight excluding hydrogens is 460 g/mol. The molecular formula is C24H24N2O5S2. The molecule has 0 unspecified atom stereocenters. The summed E-state index contributed by atoms with van der Waals surface area (Å²) < 4.78 is 18.6. The molecule has 33 heavy (non-hydrogen) atoms. The summed E-state index contributed by atoms with van der Waals surface area (Å²) >= 11 is 2.76. The van der Waals surface area contributed by atoms with Crippen LogP contribution in [0.15, 0.2) is 56.8 Å². The number of nitrogens with zero attached hydrogens (tertiary/aromatic N) is 2. The number of carbonyl (C=O) groups excluding carboxylic acids is 1. The third kappa shape index (κ3) is 4.26. The van der Waals surface area contributed by atoms with Gasteiger partial charge in [-0.3, -0.25) is 9.36 Å². The normalized spacial score (nSPS) is 15.8. The van der Waals surface area contributed by atoms with E-state index in [1.807, 2.05) is 42.6 Å². The third-order valence-corrected chi connectivity index (χ3v) is 7.04. The standard InChI is InChI=1S/C24H24N2O5S2/c1-5-30-21-15(9-7-10-16(21)29-4)13-18-22(27)26-20(17-11-8-12-32-17)19(23(28)31-6-2)14(3)25-24(26)33-18/h7-13,20H,5-6H2,1-4H3/b18-13-/t20-/m0/s1. The van der Waals surface area contributed by atoms with E-state index in [-0.39, 0.29) is 12.2 Å². The first kappa shape index (κ1) is 23.0. The molecule has 0 spiro atoms. The van der Waals surface area contributed by atoms with Crippen LogP contribution in [0.2, 0.25) is 0 Å². The number of aromatic nitrogens is 1. The van der Waals surface area contributed by atoms with Crippen molar-refractivity contribution in [1.82, 2.24) is 4.57 Å². The van der Waals surface area contributed by atoms with Crippen molar-refractivity contribution in [2.75, 3.05) is 20.3 Å². The molecule has 3 aromatic rings. The quantitative estimate of drug-likeness (QED) is 0.481. The van der Waals surface area contributed by atoms with Gasteiger partial charge in [-0.15, -0.1) is 11.3 Å². The Morgan fingerprint density at radius 2 is 2.03 bits per heavy atom. The second-order valence-electron chi connectivity index (χ2n) is 7.13. The van der Waals surface area contributed by atoms with Crippen LogP contribution in [-0.4, -0.2) is 30.9 Å². The number of hydrogen-bond acceptors (Lipinski definition) is 8. The van der Waals surface area contributed by atoms with E-state index in [9.17, 15) is 9.59 Å². The number of benzene rings is 1. The number of thiophene rings is 1. The molecule has 1 aliphatic rings. The average molecular weight is 485 g/mol. The van der Waals surface area contributed by atoms with E-state index in [1.165, 1.54) is 22.7 Å². The van der Waals surface area contributed by atoms with Gasteiger partial charge in [-0.05, 0) is 44.4 Å². The number of fused-ring (bicyclic) bond motifs is 1. The molecule has 0 amide bonds. The molecule has 0 aliphatic carbocycles. The number of rotatable bonds is 7. The molecule has 1 atom stereocenters. The average Bonchev–Trinajstić information content (AvgIpc) is 3.43. The zero-order valence-electron chi connectivity index (χ0n) is 18.8. The fourth-order valence-corrected chi connectivity index (χ4v) is 5.62. The summed E-state index contributed by atoms with van der Waals surface area (Å²) in [4.78, 5) is 32.5. The molecule has 9 heteroatoms. The second kappa shape index (κ2) is 9.76. The lowest BCUT2D eigenvalue weighted by atomic mass is 10.0. The Bertz CT molecular complexity index is 1380. The molecule has 0 saturated heterocycles. The van der Waals surface area contributed by atoms with Gasteiger partial charge in [0.2, 0.25) is 0 Å². The summed E-state index contributed by atoms with van der Waals surface area (Å²) in [6.45, 7) is 6.13. The van der Waals surface area contributed by atoms with Crippen molar-refractivity contribution < 1.29 is 19.0 Å². The van der Waals surface area contributed by atoms with Crippen molar-refractivity contribution in [3.8, 4) is 11.5 Å². The van der Waals surface area contributed by atoms with Crippen LogP contribution in [0.25, 0.3) is 6.08 Å². The minimum atomic E-state index is -0.584. The van der Waals surface area contributed by atoms with Gasteiger partial charge in [-0.2, -0.15) is 0 Å². The lowest BCUT2D eigenvalue weighted by molar-refractivity contribution is -0.139. The van der Waals surface area contributed by atoms with Crippen LogP contribution in [0.5, 0.6) is 11.5 Å². The van der Waals surface area contributed by atoms with E-state index < -0.39 is 12.0 Å². The monoisotopic (exact) mass is 484 g/mol. The van der Waals surface area contributed by atoms with E-state index in [2.05, 4.69) is 4.99 Å². The van der Waals surface area contributed by atoms with E-state index in [4.69, 9.17) is 14.2 Å². The highest BCUT2D eigenvalue weighted by molar-refractivity contribution is 7.10. The Balaban J connectivity index is 1.94. The maximum absolute atomic E-state index is 13.6. The van der Waals surface area contributed by atoms with Crippen molar-refractivity contribution in [1.29, 1.82) is 0 Å². The minimum absolute atomic E-state index is 0.225. The number of ether oxygens (including phenoxy) is 3. The maximum Gasteiger partial charge on any atom is 0.338 e. The van der Waals surface area contributed by atoms with Gasteiger partial charge < -0.3 is 14.2 Å². The van der Waals surface area contributed by atoms with Crippen molar-refractivity contribution >= 4 is 34.7 Å². The van der Waals surface area contributed by atoms with Gasteiger partial charge in [-0.1, -0.05) is 29.5 Å². The van der Waals surface area contributed by atoms with Crippen molar-refractivity contribution in [3.63, 3.8) is 0 Å². The smallest absolute Gasteiger partial charge is 0.338 e. The molecule has 4 rings (SSSR count). The first-order valence-corrected chi connectivity index (χ1v) is 12.2. The summed E-state index contributed by atoms with van der Waals surface area (Å²) in [5, 5.41) is 1.92. The largest absolute Gasteiger partial charge is 0.493 e. The minimum Gasteiger partial charge on any atom is -0.493 e. The molecule has 2 aromatic heterocycles. The Hall–Kier alpha value is -3.17. The maximum atomic E-state index is 13.6. The number of methoxy groups -OCH3 is 1. The van der Waals surface area contributed by atoms with Crippen LogP contribution in [0, 0.1) is 0 Å². The topological polar surface area (TPSA) is 79.1 Å². The Labute approximate surface area is 198 Å². The van der Waals surface area contributed by atoms with E-state index >= 15 is 0 Å². The number of thiazole rings is 1. The Kier molecular flexibility index (Phi) is 6.80. The number of allylic oxidation sites excluding steroid dienone is 1. The van der Waals surface area contributed by atoms with Gasteiger partial charge in [0.15, 0.2) is 16.3 Å². The highest BCUT2D eigenvalue weighted by Gasteiger charge is 2.33. The van der Waals surface area contributed by atoms with Crippen LogP contribution in [0.4, 0.5) is 0 Å². The number of para-hydroxylation sites is 1. The third-order valence-electron chi connectivity index (χ3n) is 5.13. The van der Waals surface area contributed by atoms with Crippen molar-refractivity contribution in [2.24, 2.45) is 4.99 Å². The fourth-order valence-electron chi connectivity index (χ4n) is 3.75. The van der Waals surface area contributed by atoms with E-state index in [1.54, 1.807) is 31.6 Å². The molecule has 1 aromatic carbocycles. The van der Waals surface area contributed by atoms with Gasteiger partial charge in [0, 0.05) is 10.4 Å². The zero-order chi connectivity index (χ0) is 23.5. The molecule has 0 fully saturated rings. The second-order valence-corrected chi connectivity index (χ2v) is 9.12. The van der Waals surface area contributed by atoms with Crippen LogP contribution in [-0.2, 0) is 9.53 Å². The fraction of sp³-hybridized carbons (Fsp3) is 0.292. The first-order valence-electron chi connectivity index (χ1n) is 10.5. The molecule has 0 saturated carbocycles. The summed E-state index contributed by atoms with van der Waals surface area (Å²) in [5.74, 6) is 0.708. The van der Waals surface area contributed by atoms with Crippen molar-refractivity contribution in [2.45, 2.75) is 26.8 Å². The molecule has 0 N–H and O–H groups in total. The van der Waals surface area contributed by atoms with Crippen LogP contribution >= 0.6 is 22.7 Å². The number of esters is 1. The number of hydrogen-bond donors (Lipinski definition) is 0. The molecule has 1 aliphatic heterocycles. The summed E-state index contributed by atoms with van der Waals surface area (Å²) in [6.07, 6.45) is 1.78. The summed E-state index contributed by atoms with van der Waals surface area (Å²) in [7, 11) is 1.58. The zero-order valence-corrected chi connectivity index (χ0v) is 20.4. The van der Waals surface area contributed by atoms with Gasteiger partial charge in [-0.25, -0.2) is 9.79 Å². The first-order chi connectivity index (χ1) is 16.0. The summed E-state index contributed by atoms with van der Waals surface area (Å²) in [6, 6.07) is 8.77. The highest BCUT2D eigenvalue weighted by Crippen LogP contribution is 2.34. The van der Waals surface area contributed by atoms with E-state index in [0.29, 0.717) is 38.7 Å². The Morgan fingerprint density at radius 3 is 2.70 bits per heavy atom. The van der Waals surface area contributed by atoms with E-state index in [0.717, 1.165) is 10.4 Å². The molecule has 0 bridgehead atoms.